The Morgan fingerprint density at radius 1 is 1.15 bits per heavy atom. The van der Waals surface area contributed by atoms with Gasteiger partial charge in [0.2, 0.25) is 10.0 Å². The number of nitrogens with zero attached hydrogens (tertiary/aromatic N) is 1. The molecule has 0 N–H and O–H groups in total. The minimum atomic E-state index is -3.69. The summed E-state index contributed by atoms with van der Waals surface area (Å²) in [6, 6.07) is 11.0. The molecule has 0 aliphatic heterocycles. The lowest BCUT2D eigenvalue weighted by molar-refractivity contribution is -0.0512. The summed E-state index contributed by atoms with van der Waals surface area (Å²) < 4.78 is 60.0. The number of hydrogen-bond donors (Lipinski definition) is 0. The predicted molar refractivity (Wildman–Crippen MR) is 100 cm³/mol. The maximum atomic E-state index is 12.4. The van der Waals surface area contributed by atoms with Crippen molar-refractivity contribution in [3.05, 3.63) is 64.0 Å². The number of sulfonamides is 1. The zero-order valence-electron chi connectivity index (χ0n) is 14.6. The zero-order valence-corrected chi connectivity index (χ0v) is 16.2. The number of hydrogen-bond acceptors (Lipinski definition) is 4. The van der Waals surface area contributed by atoms with Crippen molar-refractivity contribution in [3.8, 4) is 11.5 Å². The van der Waals surface area contributed by atoms with E-state index in [1.165, 1.54) is 38.4 Å². The molecule has 0 aliphatic rings. The third-order valence-electron chi connectivity index (χ3n) is 3.59. The van der Waals surface area contributed by atoms with E-state index < -0.39 is 16.6 Å². The van der Waals surface area contributed by atoms with Gasteiger partial charge in [0.25, 0.3) is 0 Å². The van der Waals surface area contributed by atoms with Crippen LogP contribution in [0.1, 0.15) is 11.1 Å². The standard InChI is InChI=1S/C18H18ClF2NO4S/c1-22(27(23,24)10-9-13-3-6-15(19)7-4-13)12-14-5-8-16(26-18(20)21)17(11-14)25-2/h3-11,18H,12H2,1-2H3/b10-9+. The average molecular weight is 418 g/mol. The van der Waals surface area contributed by atoms with Crippen molar-refractivity contribution in [2.75, 3.05) is 14.2 Å². The summed E-state index contributed by atoms with van der Waals surface area (Å²) >= 11 is 5.79. The molecule has 0 radical (unpaired) electrons. The molecule has 5 nitrogen and oxygen atoms in total. The van der Waals surface area contributed by atoms with Crippen LogP contribution in [0.3, 0.4) is 0 Å². The SMILES string of the molecule is COc1cc(CN(C)S(=O)(=O)/C=C/c2ccc(Cl)cc2)ccc1OC(F)F. The zero-order chi connectivity index (χ0) is 20.0. The van der Waals surface area contributed by atoms with E-state index >= 15 is 0 Å². The van der Waals surface area contributed by atoms with Crippen molar-refractivity contribution in [2.45, 2.75) is 13.2 Å². The van der Waals surface area contributed by atoms with Gasteiger partial charge in [-0.1, -0.05) is 29.8 Å². The lowest BCUT2D eigenvalue weighted by Gasteiger charge is -2.16. The first-order valence-electron chi connectivity index (χ1n) is 7.73. The number of ether oxygens (including phenoxy) is 2. The van der Waals surface area contributed by atoms with Crippen LogP contribution < -0.4 is 9.47 Å². The highest BCUT2D eigenvalue weighted by Gasteiger charge is 2.17. The second-order valence-electron chi connectivity index (χ2n) is 5.52. The normalized spacial score (nSPS) is 12.1. The smallest absolute Gasteiger partial charge is 0.387 e. The quantitative estimate of drug-likeness (QED) is 0.639. The van der Waals surface area contributed by atoms with Gasteiger partial charge in [-0.3, -0.25) is 0 Å². The molecule has 0 aromatic heterocycles. The van der Waals surface area contributed by atoms with Crippen molar-refractivity contribution >= 4 is 27.7 Å². The summed E-state index contributed by atoms with van der Waals surface area (Å²) in [6.07, 6.45) is 1.46. The number of rotatable bonds is 8. The third-order valence-corrected chi connectivity index (χ3v) is 5.32. The number of halogens is 3. The van der Waals surface area contributed by atoms with Crippen LogP contribution in [0.4, 0.5) is 8.78 Å². The van der Waals surface area contributed by atoms with Gasteiger partial charge >= 0.3 is 6.61 Å². The average Bonchev–Trinajstić information content (AvgIpc) is 2.62. The Kier molecular flexibility index (Phi) is 7.18. The van der Waals surface area contributed by atoms with E-state index in [2.05, 4.69) is 4.74 Å². The largest absolute Gasteiger partial charge is 0.493 e. The van der Waals surface area contributed by atoms with Gasteiger partial charge < -0.3 is 9.47 Å². The Morgan fingerprint density at radius 3 is 2.41 bits per heavy atom. The fourth-order valence-corrected chi connectivity index (χ4v) is 3.18. The third kappa shape index (κ3) is 6.20. The monoisotopic (exact) mass is 417 g/mol. The lowest BCUT2D eigenvalue weighted by Crippen LogP contribution is -2.24. The molecule has 0 saturated carbocycles. The van der Waals surface area contributed by atoms with Gasteiger partial charge in [0.1, 0.15) is 0 Å². The van der Waals surface area contributed by atoms with E-state index in [0.29, 0.717) is 16.1 Å². The molecule has 27 heavy (non-hydrogen) atoms. The summed E-state index contributed by atoms with van der Waals surface area (Å²) in [6.45, 7) is -2.95. The van der Waals surface area contributed by atoms with Gasteiger partial charge in [-0.25, -0.2) is 8.42 Å². The number of benzene rings is 2. The van der Waals surface area contributed by atoms with Crippen molar-refractivity contribution in [1.82, 2.24) is 4.31 Å². The maximum absolute atomic E-state index is 12.4. The van der Waals surface area contributed by atoms with E-state index in [1.807, 2.05) is 0 Å². The van der Waals surface area contributed by atoms with E-state index in [9.17, 15) is 17.2 Å². The van der Waals surface area contributed by atoms with Crippen LogP contribution in [0.15, 0.2) is 47.9 Å². The van der Waals surface area contributed by atoms with Gasteiger partial charge in [0.15, 0.2) is 11.5 Å². The highest BCUT2D eigenvalue weighted by molar-refractivity contribution is 7.92. The highest BCUT2D eigenvalue weighted by atomic mass is 35.5. The van der Waals surface area contributed by atoms with Gasteiger partial charge in [-0.2, -0.15) is 13.1 Å². The molecular weight excluding hydrogens is 400 g/mol. The van der Waals surface area contributed by atoms with Crippen LogP contribution in [0.2, 0.25) is 5.02 Å². The highest BCUT2D eigenvalue weighted by Crippen LogP contribution is 2.30. The second kappa shape index (κ2) is 9.16. The molecule has 146 valence electrons. The van der Waals surface area contributed by atoms with E-state index in [1.54, 1.807) is 24.3 Å². The minimum Gasteiger partial charge on any atom is -0.493 e. The molecule has 0 spiro atoms. The van der Waals surface area contributed by atoms with Crippen LogP contribution in [0.5, 0.6) is 11.5 Å². The first-order valence-corrected chi connectivity index (χ1v) is 9.61. The Morgan fingerprint density at radius 2 is 1.81 bits per heavy atom. The maximum Gasteiger partial charge on any atom is 0.387 e. The fraction of sp³-hybridized carbons (Fsp3) is 0.222. The fourth-order valence-electron chi connectivity index (χ4n) is 2.19. The van der Waals surface area contributed by atoms with Crippen LogP contribution in [0.25, 0.3) is 6.08 Å². The molecule has 0 atom stereocenters. The first-order chi connectivity index (χ1) is 12.7. The van der Waals surface area contributed by atoms with E-state index in [4.69, 9.17) is 16.3 Å². The molecular formula is C18H18ClF2NO4S. The Labute approximate surface area is 161 Å². The van der Waals surface area contributed by atoms with Gasteiger partial charge in [0, 0.05) is 24.0 Å². The summed E-state index contributed by atoms with van der Waals surface area (Å²) in [5, 5.41) is 1.64. The number of alkyl halides is 2. The van der Waals surface area contributed by atoms with Gasteiger partial charge in [-0.15, -0.1) is 0 Å². The molecule has 0 amide bonds. The van der Waals surface area contributed by atoms with Crippen LogP contribution >= 0.6 is 11.6 Å². The lowest BCUT2D eigenvalue weighted by atomic mass is 10.2. The summed E-state index contributed by atoms with van der Waals surface area (Å²) in [5.41, 5.74) is 1.24. The molecule has 0 aliphatic carbocycles. The van der Waals surface area contributed by atoms with Crippen LogP contribution in [-0.2, 0) is 16.6 Å². The Hall–Kier alpha value is -2.16. The van der Waals surface area contributed by atoms with Crippen LogP contribution in [-0.4, -0.2) is 33.5 Å². The molecule has 0 bridgehead atoms. The molecule has 0 fully saturated rings. The van der Waals surface area contributed by atoms with Gasteiger partial charge in [0.05, 0.1) is 7.11 Å². The molecule has 0 heterocycles. The van der Waals surface area contributed by atoms with Crippen molar-refractivity contribution in [3.63, 3.8) is 0 Å². The predicted octanol–water partition coefficient (Wildman–Crippen LogP) is 4.38. The molecule has 0 saturated heterocycles. The minimum absolute atomic E-state index is 0.0264. The van der Waals surface area contributed by atoms with E-state index in [-0.39, 0.29) is 18.0 Å². The topological polar surface area (TPSA) is 55.8 Å². The van der Waals surface area contributed by atoms with Crippen molar-refractivity contribution in [1.29, 1.82) is 0 Å². The molecule has 2 aromatic carbocycles. The second-order valence-corrected chi connectivity index (χ2v) is 7.88. The summed E-state index contributed by atoms with van der Waals surface area (Å²) in [7, 11) is -0.961. The Balaban J connectivity index is 2.12. The van der Waals surface area contributed by atoms with Gasteiger partial charge in [-0.05, 0) is 41.5 Å². The number of methoxy groups -OCH3 is 1. The van der Waals surface area contributed by atoms with Crippen molar-refractivity contribution < 1.29 is 26.7 Å². The molecule has 0 unspecified atom stereocenters. The van der Waals surface area contributed by atoms with Crippen LogP contribution in [0, 0.1) is 0 Å². The summed E-state index contributed by atoms with van der Waals surface area (Å²) in [4.78, 5) is 0. The molecule has 2 rings (SSSR count). The van der Waals surface area contributed by atoms with E-state index in [0.717, 1.165) is 9.71 Å². The molecule has 9 heteroatoms. The first kappa shape index (κ1) is 21.1. The molecule has 2 aromatic rings. The summed E-state index contributed by atoms with van der Waals surface area (Å²) in [5.74, 6) is -0.0281. The Bertz CT molecular complexity index is 902. The van der Waals surface area contributed by atoms with Crippen molar-refractivity contribution in [2.24, 2.45) is 0 Å².